The number of urea groups is 1. The molecular formula is C23H27N3O4. The fraction of sp³-hybridized carbons (Fsp3) is 0.435. The second-order valence-electron chi connectivity index (χ2n) is 8.33. The molecule has 2 fully saturated rings. The van der Waals surface area contributed by atoms with Crippen LogP contribution in [0.15, 0.2) is 47.1 Å². The van der Waals surface area contributed by atoms with E-state index < -0.39 is 11.6 Å². The zero-order valence-corrected chi connectivity index (χ0v) is 17.4. The van der Waals surface area contributed by atoms with Gasteiger partial charge in [0.05, 0.1) is 12.8 Å². The molecule has 4 rings (SSSR count). The molecule has 2 atom stereocenters. The molecule has 0 bridgehead atoms. The minimum absolute atomic E-state index is 0.0547. The first-order chi connectivity index (χ1) is 14.4. The molecule has 1 aromatic carbocycles. The Morgan fingerprint density at radius 3 is 2.67 bits per heavy atom. The van der Waals surface area contributed by atoms with Gasteiger partial charge < -0.3 is 14.6 Å². The lowest BCUT2D eigenvalue weighted by atomic mass is 9.73. The highest BCUT2D eigenvalue weighted by molar-refractivity contribution is 6.10. The summed E-state index contributed by atoms with van der Waals surface area (Å²) in [5.74, 6) is 0.0618. The van der Waals surface area contributed by atoms with Crippen molar-refractivity contribution < 1.29 is 18.8 Å². The molecular weight excluding hydrogens is 382 g/mol. The van der Waals surface area contributed by atoms with Gasteiger partial charge in [0.1, 0.15) is 17.8 Å². The molecule has 1 spiro atoms. The van der Waals surface area contributed by atoms with Crippen LogP contribution >= 0.6 is 0 Å². The minimum Gasteiger partial charge on any atom is -0.467 e. The molecule has 1 N–H and O–H groups in total. The van der Waals surface area contributed by atoms with Crippen LogP contribution < -0.4 is 10.2 Å². The predicted molar refractivity (Wildman–Crippen MR) is 112 cm³/mol. The molecule has 2 aromatic rings. The number of amides is 4. The van der Waals surface area contributed by atoms with Crippen LogP contribution in [0.3, 0.4) is 0 Å². The van der Waals surface area contributed by atoms with E-state index in [0.29, 0.717) is 17.9 Å². The summed E-state index contributed by atoms with van der Waals surface area (Å²) in [7, 11) is 0. The topological polar surface area (TPSA) is 82.9 Å². The highest BCUT2D eigenvalue weighted by atomic mass is 16.3. The first-order valence-electron chi connectivity index (χ1n) is 10.4. The SMILES string of the molecule is Cc1ccc(N(Cc2ccco2)C(=O)CN2C(=O)NC3(CCCCC3C)C2=O)cc1. The number of furan rings is 1. The van der Waals surface area contributed by atoms with Gasteiger partial charge in [-0.2, -0.15) is 0 Å². The van der Waals surface area contributed by atoms with Crippen molar-refractivity contribution in [3.63, 3.8) is 0 Å². The van der Waals surface area contributed by atoms with Crippen LogP contribution in [-0.2, 0) is 16.1 Å². The van der Waals surface area contributed by atoms with E-state index in [4.69, 9.17) is 4.42 Å². The quantitative estimate of drug-likeness (QED) is 0.765. The third kappa shape index (κ3) is 3.60. The number of benzene rings is 1. The Morgan fingerprint density at radius 1 is 1.23 bits per heavy atom. The average molecular weight is 409 g/mol. The van der Waals surface area contributed by atoms with Crippen LogP contribution in [0.1, 0.15) is 43.9 Å². The van der Waals surface area contributed by atoms with Gasteiger partial charge in [0.2, 0.25) is 5.91 Å². The van der Waals surface area contributed by atoms with Crippen LogP contribution in [-0.4, -0.2) is 34.8 Å². The van der Waals surface area contributed by atoms with E-state index in [0.717, 1.165) is 29.7 Å². The van der Waals surface area contributed by atoms with Crippen LogP contribution in [0, 0.1) is 12.8 Å². The standard InChI is InChI=1S/C23H27N3O4/c1-16-8-10-18(11-9-16)25(14-19-7-5-13-30-19)20(27)15-26-21(28)23(24-22(26)29)12-4-3-6-17(23)2/h5,7-11,13,17H,3-4,6,12,14-15H2,1-2H3,(H,24,29). The lowest BCUT2D eigenvalue weighted by molar-refractivity contribution is -0.136. The predicted octanol–water partition coefficient (Wildman–Crippen LogP) is 3.62. The second-order valence-corrected chi connectivity index (χ2v) is 8.33. The highest BCUT2D eigenvalue weighted by Gasteiger charge is 2.55. The van der Waals surface area contributed by atoms with E-state index >= 15 is 0 Å². The van der Waals surface area contributed by atoms with Crippen LogP contribution in [0.25, 0.3) is 0 Å². The van der Waals surface area contributed by atoms with Gasteiger partial charge in [-0.25, -0.2) is 4.79 Å². The number of carbonyl (C=O) groups excluding carboxylic acids is 3. The molecule has 158 valence electrons. The maximum atomic E-state index is 13.3. The lowest BCUT2D eigenvalue weighted by Crippen LogP contribution is -2.54. The molecule has 1 aromatic heterocycles. The summed E-state index contributed by atoms with van der Waals surface area (Å²) in [6.45, 7) is 3.90. The van der Waals surface area contributed by atoms with E-state index in [2.05, 4.69) is 5.32 Å². The molecule has 1 aliphatic heterocycles. The smallest absolute Gasteiger partial charge is 0.325 e. The van der Waals surface area contributed by atoms with Crippen LogP contribution in [0.5, 0.6) is 0 Å². The molecule has 1 aliphatic carbocycles. The summed E-state index contributed by atoms with van der Waals surface area (Å²) < 4.78 is 5.42. The number of hydrogen-bond donors (Lipinski definition) is 1. The first kappa shape index (κ1) is 20.2. The number of carbonyl (C=O) groups is 3. The van der Waals surface area contributed by atoms with Gasteiger partial charge in [-0.3, -0.25) is 14.5 Å². The molecule has 2 heterocycles. The molecule has 30 heavy (non-hydrogen) atoms. The number of rotatable bonds is 5. The first-order valence-corrected chi connectivity index (χ1v) is 10.4. The van der Waals surface area contributed by atoms with E-state index in [1.165, 1.54) is 0 Å². The van der Waals surface area contributed by atoms with Crippen molar-refractivity contribution in [1.29, 1.82) is 0 Å². The van der Waals surface area contributed by atoms with Gasteiger partial charge in [0.25, 0.3) is 5.91 Å². The number of hydrogen-bond acceptors (Lipinski definition) is 4. The normalized spacial score (nSPS) is 23.7. The number of anilines is 1. The molecule has 1 saturated heterocycles. The zero-order valence-electron chi connectivity index (χ0n) is 17.4. The second kappa shape index (κ2) is 7.97. The van der Waals surface area contributed by atoms with E-state index in [-0.39, 0.29) is 30.8 Å². The fourth-order valence-corrected chi connectivity index (χ4v) is 4.47. The molecule has 7 nitrogen and oxygen atoms in total. The van der Waals surface area contributed by atoms with Crippen LogP contribution in [0.2, 0.25) is 0 Å². The minimum atomic E-state index is -0.870. The van der Waals surface area contributed by atoms with E-state index in [1.807, 2.05) is 38.1 Å². The summed E-state index contributed by atoms with van der Waals surface area (Å²) in [4.78, 5) is 41.8. The van der Waals surface area contributed by atoms with Crippen molar-refractivity contribution in [2.75, 3.05) is 11.4 Å². The van der Waals surface area contributed by atoms with Crippen molar-refractivity contribution >= 4 is 23.5 Å². The molecule has 4 amide bonds. The summed E-state index contributed by atoms with van der Waals surface area (Å²) in [5.41, 5.74) is 0.895. The fourth-order valence-electron chi connectivity index (χ4n) is 4.47. The molecule has 2 aliphatic rings. The van der Waals surface area contributed by atoms with E-state index in [1.54, 1.807) is 23.3 Å². The van der Waals surface area contributed by atoms with Gasteiger partial charge in [0.15, 0.2) is 0 Å². The number of imide groups is 1. The Bertz CT molecular complexity index is 938. The largest absolute Gasteiger partial charge is 0.467 e. The Balaban J connectivity index is 1.56. The number of nitrogens with one attached hydrogen (secondary N) is 1. The van der Waals surface area contributed by atoms with Crippen molar-refractivity contribution in [3.05, 3.63) is 54.0 Å². The van der Waals surface area contributed by atoms with Gasteiger partial charge >= 0.3 is 6.03 Å². The van der Waals surface area contributed by atoms with Crippen molar-refractivity contribution in [3.8, 4) is 0 Å². The Labute approximate surface area is 176 Å². The Hall–Kier alpha value is -3.09. The monoisotopic (exact) mass is 409 g/mol. The van der Waals surface area contributed by atoms with Gasteiger partial charge in [-0.05, 0) is 49.9 Å². The summed E-state index contributed by atoms with van der Waals surface area (Å²) in [6, 6.07) is 10.6. The molecule has 1 saturated carbocycles. The van der Waals surface area contributed by atoms with Crippen LogP contribution in [0.4, 0.5) is 10.5 Å². The van der Waals surface area contributed by atoms with Gasteiger partial charge in [0, 0.05) is 5.69 Å². The maximum absolute atomic E-state index is 13.3. The summed E-state index contributed by atoms with van der Waals surface area (Å²) in [5, 5.41) is 2.90. The third-order valence-corrected chi connectivity index (χ3v) is 6.34. The van der Waals surface area contributed by atoms with Crippen molar-refractivity contribution in [2.45, 2.75) is 51.6 Å². The summed E-state index contributed by atoms with van der Waals surface area (Å²) in [6.07, 6.45) is 5.01. The zero-order chi connectivity index (χ0) is 21.3. The number of aryl methyl sites for hydroxylation is 1. The highest BCUT2D eigenvalue weighted by Crippen LogP contribution is 2.38. The molecule has 0 radical (unpaired) electrons. The number of nitrogens with zero attached hydrogens (tertiary/aromatic N) is 2. The van der Waals surface area contributed by atoms with Crippen molar-refractivity contribution in [1.82, 2.24) is 10.2 Å². The molecule has 2 unspecified atom stereocenters. The maximum Gasteiger partial charge on any atom is 0.325 e. The summed E-state index contributed by atoms with van der Waals surface area (Å²) >= 11 is 0. The van der Waals surface area contributed by atoms with E-state index in [9.17, 15) is 14.4 Å². The molecule has 7 heteroatoms. The van der Waals surface area contributed by atoms with Gasteiger partial charge in [-0.15, -0.1) is 0 Å². The lowest BCUT2D eigenvalue weighted by Gasteiger charge is -2.36. The average Bonchev–Trinajstić information content (AvgIpc) is 3.32. The third-order valence-electron chi connectivity index (χ3n) is 6.34. The Kier molecular flexibility index (Phi) is 5.37. The van der Waals surface area contributed by atoms with Crippen molar-refractivity contribution in [2.24, 2.45) is 5.92 Å². The van der Waals surface area contributed by atoms with Gasteiger partial charge in [-0.1, -0.05) is 37.5 Å². The Morgan fingerprint density at radius 2 is 2.00 bits per heavy atom.